The molecule has 1 N–H and O–H groups in total. The average Bonchev–Trinajstić information content (AvgIpc) is 2.79. The summed E-state index contributed by atoms with van der Waals surface area (Å²) in [5.74, 6) is 1.37. The number of rotatable bonds is 2. The standard InChI is InChI=1S/C12H16BrNOS/c1-7-3-4-10(8(7)2)14-12(15)9-5-11(13)16-6-9/h5-8,10H,3-4H2,1-2H3,(H,14,15). The van der Waals surface area contributed by atoms with E-state index >= 15 is 0 Å². The van der Waals surface area contributed by atoms with E-state index in [1.54, 1.807) is 11.3 Å². The van der Waals surface area contributed by atoms with Gasteiger partial charge in [-0.1, -0.05) is 13.8 Å². The number of carbonyl (C=O) groups is 1. The van der Waals surface area contributed by atoms with Crippen molar-refractivity contribution >= 4 is 33.2 Å². The zero-order valence-corrected chi connectivity index (χ0v) is 11.9. The van der Waals surface area contributed by atoms with E-state index in [4.69, 9.17) is 0 Å². The number of carbonyl (C=O) groups excluding carboxylic acids is 1. The van der Waals surface area contributed by atoms with E-state index in [2.05, 4.69) is 35.1 Å². The molecule has 0 aromatic carbocycles. The van der Waals surface area contributed by atoms with E-state index in [0.29, 0.717) is 12.0 Å². The Morgan fingerprint density at radius 2 is 2.25 bits per heavy atom. The molecule has 0 saturated heterocycles. The third-order valence-electron chi connectivity index (χ3n) is 3.61. The van der Waals surface area contributed by atoms with Gasteiger partial charge >= 0.3 is 0 Å². The summed E-state index contributed by atoms with van der Waals surface area (Å²) < 4.78 is 1.01. The molecule has 2 rings (SSSR count). The summed E-state index contributed by atoms with van der Waals surface area (Å²) in [4.78, 5) is 11.9. The summed E-state index contributed by atoms with van der Waals surface area (Å²) in [5.41, 5.74) is 0.767. The second-order valence-corrected chi connectivity index (χ2v) is 6.92. The van der Waals surface area contributed by atoms with Gasteiger partial charge in [-0.25, -0.2) is 0 Å². The summed E-state index contributed by atoms with van der Waals surface area (Å²) in [6.07, 6.45) is 2.33. The average molecular weight is 302 g/mol. The molecule has 2 nitrogen and oxygen atoms in total. The lowest BCUT2D eigenvalue weighted by molar-refractivity contribution is 0.0928. The fourth-order valence-electron chi connectivity index (χ4n) is 2.25. The molecule has 1 aliphatic rings. The fraction of sp³-hybridized carbons (Fsp3) is 0.583. The van der Waals surface area contributed by atoms with Crippen LogP contribution < -0.4 is 5.32 Å². The van der Waals surface area contributed by atoms with Gasteiger partial charge in [-0.2, -0.15) is 0 Å². The van der Waals surface area contributed by atoms with E-state index < -0.39 is 0 Å². The molecule has 3 atom stereocenters. The molecule has 0 bridgehead atoms. The van der Waals surface area contributed by atoms with Crippen LogP contribution in [0, 0.1) is 11.8 Å². The Labute approximate surface area is 109 Å². The number of halogens is 1. The maximum absolute atomic E-state index is 11.9. The van der Waals surface area contributed by atoms with Gasteiger partial charge in [-0.3, -0.25) is 4.79 Å². The second-order valence-electron chi connectivity index (χ2n) is 4.63. The minimum absolute atomic E-state index is 0.0629. The Kier molecular flexibility index (Phi) is 3.70. The van der Waals surface area contributed by atoms with Gasteiger partial charge in [0.2, 0.25) is 0 Å². The second kappa shape index (κ2) is 4.88. The topological polar surface area (TPSA) is 29.1 Å². The van der Waals surface area contributed by atoms with Gasteiger partial charge in [0.25, 0.3) is 5.91 Å². The van der Waals surface area contributed by atoms with E-state index in [1.807, 2.05) is 11.4 Å². The zero-order valence-electron chi connectivity index (χ0n) is 9.50. The molecule has 4 heteroatoms. The molecule has 0 radical (unpaired) electrons. The van der Waals surface area contributed by atoms with E-state index in [0.717, 1.165) is 21.7 Å². The van der Waals surface area contributed by atoms with E-state index in [1.165, 1.54) is 6.42 Å². The van der Waals surface area contributed by atoms with Crippen LogP contribution in [0.25, 0.3) is 0 Å². The van der Waals surface area contributed by atoms with Gasteiger partial charge in [0, 0.05) is 11.4 Å². The van der Waals surface area contributed by atoms with Crippen molar-refractivity contribution in [2.45, 2.75) is 32.7 Å². The van der Waals surface area contributed by atoms with Crippen molar-refractivity contribution in [1.29, 1.82) is 0 Å². The Hall–Kier alpha value is -0.350. The molecule has 1 saturated carbocycles. The quantitative estimate of drug-likeness (QED) is 0.887. The lowest BCUT2D eigenvalue weighted by atomic mass is 9.98. The lowest BCUT2D eigenvalue weighted by Gasteiger charge is -2.19. The molecule has 1 aromatic heterocycles. The molecule has 1 aliphatic carbocycles. The van der Waals surface area contributed by atoms with Crippen molar-refractivity contribution in [3.63, 3.8) is 0 Å². The highest BCUT2D eigenvalue weighted by atomic mass is 79.9. The van der Waals surface area contributed by atoms with E-state index in [-0.39, 0.29) is 5.91 Å². The lowest BCUT2D eigenvalue weighted by Crippen LogP contribution is -2.37. The fourth-order valence-corrected chi connectivity index (χ4v) is 3.39. The third-order valence-corrected chi connectivity index (χ3v) is 5.12. The van der Waals surface area contributed by atoms with Crippen LogP contribution in [-0.4, -0.2) is 11.9 Å². The summed E-state index contributed by atoms with van der Waals surface area (Å²) in [6, 6.07) is 2.23. The highest BCUT2D eigenvalue weighted by molar-refractivity contribution is 9.11. The molecule has 0 spiro atoms. The van der Waals surface area contributed by atoms with Crippen molar-refractivity contribution < 1.29 is 4.79 Å². The Morgan fingerprint density at radius 3 is 2.75 bits per heavy atom. The first-order valence-electron chi connectivity index (χ1n) is 5.63. The largest absolute Gasteiger partial charge is 0.349 e. The van der Waals surface area contributed by atoms with Crippen molar-refractivity contribution in [3.05, 3.63) is 20.8 Å². The van der Waals surface area contributed by atoms with Crippen LogP contribution in [0.1, 0.15) is 37.0 Å². The zero-order chi connectivity index (χ0) is 11.7. The maximum atomic E-state index is 11.9. The van der Waals surface area contributed by atoms with Crippen molar-refractivity contribution in [2.24, 2.45) is 11.8 Å². The molecular weight excluding hydrogens is 286 g/mol. The molecule has 1 amide bonds. The molecular formula is C12H16BrNOS. The number of thiophene rings is 1. The molecule has 0 aliphatic heterocycles. The first-order valence-corrected chi connectivity index (χ1v) is 7.30. The summed E-state index contributed by atoms with van der Waals surface area (Å²) >= 11 is 4.92. The number of hydrogen-bond acceptors (Lipinski definition) is 2. The molecule has 1 heterocycles. The third kappa shape index (κ3) is 2.48. The maximum Gasteiger partial charge on any atom is 0.252 e. The van der Waals surface area contributed by atoms with Gasteiger partial charge < -0.3 is 5.32 Å². The smallest absolute Gasteiger partial charge is 0.252 e. The number of nitrogens with one attached hydrogen (secondary N) is 1. The summed E-state index contributed by atoms with van der Waals surface area (Å²) in [6.45, 7) is 4.49. The van der Waals surface area contributed by atoms with Crippen molar-refractivity contribution in [2.75, 3.05) is 0 Å². The highest BCUT2D eigenvalue weighted by Crippen LogP contribution is 2.31. The molecule has 3 unspecified atom stereocenters. The van der Waals surface area contributed by atoms with Gasteiger partial charge in [0.15, 0.2) is 0 Å². The van der Waals surface area contributed by atoms with Crippen molar-refractivity contribution in [1.82, 2.24) is 5.32 Å². The van der Waals surface area contributed by atoms with Crippen molar-refractivity contribution in [3.8, 4) is 0 Å². The van der Waals surface area contributed by atoms with Gasteiger partial charge in [-0.15, -0.1) is 11.3 Å². The number of amides is 1. The predicted octanol–water partition coefficient (Wildman–Crippen LogP) is 3.68. The minimum atomic E-state index is 0.0629. The minimum Gasteiger partial charge on any atom is -0.349 e. The Balaban J connectivity index is 1.98. The Bertz CT molecular complexity index is 390. The van der Waals surface area contributed by atoms with Crippen LogP contribution in [0.2, 0.25) is 0 Å². The van der Waals surface area contributed by atoms with Crippen LogP contribution in [0.4, 0.5) is 0 Å². The predicted molar refractivity (Wildman–Crippen MR) is 70.8 cm³/mol. The molecule has 88 valence electrons. The van der Waals surface area contributed by atoms with Crippen LogP contribution in [0.5, 0.6) is 0 Å². The molecule has 16 heavy (non-hydrogen) atoms. The number of hydrogen-bond donors (Lipinski definition) is 1. The van der Waals surface area contributed by atoms with Gasteiger partial charge in [-0.05, 0) is 46.7 Å². The van der Waals surface area contributed by atoms with Crippen LogP contribution >= 0.6 is 27.3 Å². The van der Waals surface area contributed by atoms with Gasteiger partial charge in [0.1, 0.15) is 0 Å². The monoisotopic (exact) mass is 301 g/mol. The first-order chi connectivity index (χ1) is 7.58. The van der Waals surface area contributed by atoms with Crippen LogP contribution in [0.3, 0.4) is 0 Å². The summed E-state index contributed by atoms with van der Waals surface area (Å²) in [7, 11) is 0. The highest BCUT2D eigenvalue weighted by Gasteiger charge is 2.30. The van der Waals surface area contributed by atoms with Crippen LogP contribution in [-0.2, 0) is 0 Å². The van der Waals surface area contributed by atoms with Gasteiger partial charge in [0.05, 0.1) is 9.35 Å². The normalized spacial score (nSPS) is 29.3. The van der Waals surface area contributed by atoms with E-state index in [9.17, 15) is 4.79 Å². The van der Waals surface area contributed by atoms with Crippen LogP contribution in [0.15, 0.2) is 15.2 Å². The molecule has 1 aromatic rings. The Morgan fingerprint density at radius 1 is 1.50 bits per heavy atom. The SMILES string of the molecule is CC1CCC(NC(=O)c2csc(Br)c2)C1C. The first kappa shape index (κ1) is 12.1. The summed E-state index contributed by atoms with van der Waals surface area (Å²) in [5, 5.41) is 5.03. The molecule has 1 fully saturated rings.